The Hall–Kier alpha value is -1.64. The molecule has 19 heavy (non-hydrogen) atoms. The summed E-state index contributed by atoms with van der Waals surface area (Å²) in [5.74, 6) is 0.939. The van der Waals surface area contributed by atoms with Crippen molar-refractivity contribution in [2.45, 2.75) is 37.9 Å². The Morgan fingerprint density at radius 3 is 3.11 bits per heavy atom. The van der Waals surface area contributed by atoms with Crippen molar-refractivity contribution in [3.63, 3.8) is 0 Å². The van der Waals surface area contributed by atoms with Gasteiger partial charge in [0.1, 0.15) is 11.4 Å². The lowest BCUT2D eigenvalue weighted by Crippen LogP contribution is -2.45. The molecule has 0 amide bonds. The molecule has 4 nitrogen and oxygen atoms in total. The van der Waals surface area contributed by atoms with Crippen molar-refractivity contribution < 1.29 is 0 Å². The lowest BCUT2D eigenvalue weighted by molar-refractivity contribution is 0.386. The predicted octanol–water partition coefficient (Wildman–Crippen LogP) is 2.65. The lowest BCUT2D eigenvalue weighted by Gasteiger charge is -2.24. The average molecular weight is 272 g/mol. The second-order valence-corrected chi connectivity index (χ2v) is 6.17. The molecular formula is C14H16N4S. The monoisotopic (exact) mass is 272 g/mol. The Morgan fingerprint density at radius 2 is 2.47 bits per heavy atom. The van der Waals surface area contributed by atoms with Crippen LogP contribution in [-0.2, 0) is 6.54 Å². The number of hydrogen-bond donors (Lipinski definition) is 1. The van der Waals surface area contributed by atoms with Gasteiger partial charge >= 0.3 is 0 Å². The molecule has 0 spiro atoms. The minimum absolute atomic E-state index is 0.512. The van der Waals surface area contributed by atoms with E-state index < -0.39 is 5.54 Å². The molecule has 2 heterocycles. The van der Waals surface area contributed by atoms with Crippen molar-refractivity contribution in [2.24, 2.45) is 0 Å². The van der Waals surface area contributed by atoms with Crippen LogP contribution in [0.5, 0.6) is 0 Å². The third-order valence-corrected chi connectivity index (χ3v) is 4.16. The fourth-order valence-electron chi connectivity index (χ4n) is 2.20. The van der Waals surface area contributed by atoms with E-state index in [0.29, 0.717) is 12.6 Å². The largest absolute Gasteiger partial charge is 0.327 e. The van der Waals surface area contributed by atoms with E-state index >= 15 is 0 Å². The summed E-state index contributed by atoms with van der Waals surface area (Å²) in [6, 6.07) is 6.99. The van der Waals surface area contributed by atoms with Crippen LogP contribution in [0, 0.1) is 11.3 Å². The topological polar surface area (TPSA) is 53.6 Å². The molecule has 0 aliphatic heterocycles. The first kappa shape index (κ1) is 12.4. The van der Waals surface area contributed by atoms with Gasteiger partial charge < -0.3 is 4.57 Å². The second kappa shape index (κ2) is 4.80. The number of nitriles is 1. The second-order valence-electron chi connectivity index (χ2n) is 5.22. The zero-order valence-electron chi connectivity index (χ0n) is 10.8. The summed E-state index contributed by atoms with van der Waals surface area (Å²) in [4.78, 5) is 5.54. The molecule has 5 heteroatoms. The Labute approximate surface area is 116 Å². The van der Waals surface area contributed by atoms with Crippen LogP contribution in [0.4, 0.5) is 0 Å². The molecule has 1 aliphatic carbocycles. The predicted molar refractivity (Wildman–Crippen MR) is 75.7 cm³/mol. The quantitative estimate of drug-likeness (QED) is 0.910. The maximum Gasteiger partial charge on any atom is 0.150 e. The molecule has 0 aromatic carbocycles. The van der Waals surface area contributed by atoms with E-state index in [1.54, 1.807) is 17.5 Å². The Balaban J connectivity index is 1.83. The number of nitrogens with zero attached hydrogens (tertiary/aromatic N) is 3. The highest BCUT2D eigenvalue weighted by Gasteiger charge is 2.33. The van der Waals surface area contributed by atoms with Crippen molar-refractivity contribution >= 4 is 11.3 Å². The zero-order chi connectivity index (χ0) is 13.3. The van der Waals surface area contributed by atoms with E-state index in [1.165, 1.54) is 12.8 Å². The summed E-state index contributed by atoms with van der Waals surface area (Å²) in [6.07, 6.45) is 6.10. The SMILES string of the molecule is CC(C#N)(Cn1ccnc1-c1cccs1)NC1CC1. The van der Waals surface area contributed by atoms with Gasteiger partial charge in [-0.05, 0) is 31.2 Å². The third-order valence-electron chi connectivity index (χ3n) is 3.29. The van der Waals surface area contributed by atoms with E-state index in [2.05, 4.69) is 27.0 Å². The Bertz CT molecular complexity index is 591. The molecule has 98 valence electrons. The van der Waals surface area contributed by atoms with E-state index in [1.807, 2.05) is 24.6 Å². The summed E-state index contributed by atoms with van der Waals surface area (Å²) in [6.45, 7) is 2.58. The van der Waals surface area contributed by atoms with Crippen LogP contribution in [0.3, 0.4) is 0 Å². The van der Waals surface area contributed by atoms with Gasteiger partial charge in [0.25, 0.3) is 0 Å². The minimum atomic E-state index is -0.534. The van der Waals surface area contributed by atoms with Crippen molar-refractivity contribution in [1.29, 1.82) is 5.26 Å². The first-order valence-electron chi connectivity index (χ1n) is 6.44. The highest BCUT2D eigenvalue weighted by Crippen LogP contribution is 2.26. The Morgan fingerprint density at radius 1 is 1.63 bits per heavy atom. The van der Waals surface area contributed by atoms with Gasteiger partial charge in [-0.15, -0.1) is 11.3 Å². The summed E-state index contributed by atoms with van der Waals surface area (Å²) in [5.41, 5.74) is -0.534. The van der Waals surface area contributed by atoms with Crippen molar-refractivity contribution in [2.75, 3.05) is 0 Å². The third kappa shape index (κ3) is 2.70. The standard InChI is InChI=1S/C14H16N4S/c1-14(9-15,17-11-4-5-11)10-18-7-6-16-13(18)12-3-2-8-19-12/h2-3,6-8,11,17H,4-5,10H2,1H3. The molecule has 1 unspecified atom stereocenters. The van der Waals surface area contributed by atoms with Gasteiger partial charge in [-0.25, -0.2) is 4.98 Å². The van der Waals surface area contributed by atoms with Crippen LogP contribution < -0.4 is 5.32 Å². The molecule has 1 saturated carbocycles. The fraction of sp³-hybridized carbons (Fsp3) is 0.429. The maximum absolute atomic E-state index is 9.44. The molecule has 1 atom stereocenters. The first-order valence-corrected chi connectivity index (χ1v) is 7.32. The van der Waals surface area contributed by atoms with Crippen LogP contribution in [0.25, 0.3) is 10.7 Å². The first-order chi connectivity index (χ1) is 9.20. The smallest absolute Gasteiger partial charge is 0.150 e. The molecule has 1 aliphatic rings. The molecule has 2 aromatic heterocycles. The fourth-order valence-corrected chi connectivity index (χ4v) is 2.94. The molecule has 2 aromatic rings. The highest BCUT2D eigenvalue weighted by atomic mass is 32.1. The number of hydrogen-bond acceptors (Lipinski definition) is 4. The number of nitrogens with one attached hydrogen (secondary N) is 1. The summed E-state index contributed by atoms with van der Waals surface area (Å²) in [5, 5.41) is 14.9. The molecular weight excluding hydrogens is 256 g/mol. The summed E-state index contributed by atoms with van der Waals surface area (Å²) < 4.78 is 2.06. The van der Waals surface area contributed by atoms with Gasteiger partial charge in [-0.2, -0.15) is 5.26 Å². The van der Waals surface area contributed by atoms with E-state index in [0.717, 1.165) is 10.7 Å². The minimum Gasteiger partial charge on any atom is -0.327 e. The zero-order valence-corrected chi connectivity index (χ0v) is 11.7. The van der Waals surface area contributed by atoms with Gasteiger partial charge in [0.15, 0.2) is 0 Å². The van der Waals surface area contributed by atoms with Crippen molar-refractivity contribution in [1.82, 2.24) is 14.9 Å². The van der Waals surface area contributed by atoms with Crippen LogP contribution in [0.2, 0.25) is 0 Å². The molecule has 1 fully saturated rings. The molecule has 1 N–H and O–H groups in total. The van der Waals surface area contributed by atoms with Gasteiger partial charge in [0.2, 0.25) is 0 Å². The van der Waals surface area contributed by atoms with E-state index in [4.69, 9.17) is 0 Å². The van der Waals surface area contributed by atoms with Gasteiger partial charge in [0, 0.05) is 18.4 Å². The molecule has 3 rings (SSSR count). The average Bonchev–Trinajstić information content (AvgIpc) is 2.90. The lowest BCUT2D eigenvalue weighted by atomic mass is 10.0. The summed E-state index contributed by atoms with van der Waals surface area (Å²) >= 11 is 1.67. The molecule has 0 radical (unpaired) electrons. The van der Waals surface area contributed by atoms with Gasteiger partial charge in [0.05, 0.1) is 17.5 Å². The van der Waals surface area contributed by atoms with Crippen LogP contribution in [0.15, 0.2) is 29.9 Å². The van der Waals surface area contributed by atoms with E-state index in [-0.39, 0.29) is 0 Å². The normalized spacial score (nSPS) is 17.9. The van der Waals surface area contributed by atoms with Crippen LogP contribution in [0.1, 0.15) is 19.8 Å². The van der Waals surface area contributed by atoms with Gasteiger partial charge in [-0.1, -0.05) is 6.07 Å². The van der Waals surface area contributed by atoms with Crippen LogP contribution in [-0.4, -0.2) is 21.1 Å². The molecule has 0 bridgehead atoms. The number of imidazole rings is 1. The van der Waals surface area contributed by atoms with Gasteiger partial charge in [-0.3, -0.25) is 5.32 Å². The van der Waals surface area contributed by atoms with Crippen LogP contribution >= 0.6 is 11.3 Å². The van der Waals surface area contributed by atoms with E-state index in [9.17, 15) is 5.26 Å². The number of rotatable bonds is 5. The Kier molecular flexibility index (Phi) is 3.13. The maximum atomic E-state index is 9.44. The molecule has 0 saturated heterocycles. The van der Waals surface area contributed by atoms with Crippen molar-refractivity contribution in [3.8, 4) is 16.8 Å². The highest BCUT2D eigenvalue weighted by molar-refractivity contribution is 7.13. The number of thiophene rings is 1. The number of aromatic nitrogens is 2. The van der Waals surface area contributed by atoms with Crippen molar-refractivity contribution in [3.05, 3.63) is 29.9 Å². The summed E-state index contributed by atoms with van der Waals surface area (Å²) in [7, 11) is 0.